The molecule has 1 aromatic rings. The summed E-state index contributed by atoms with van der Waals surface area (Å²) in [6.45, 7) is 0. The Labute approximate surface area is 100 Å². The lowest BCUT2D eigenvalue weighted by Crippen LogP contribution is -2.19. The third kappa shape index (κ3) is 2.69. The van der Waals surface area contributed by atoms with Gasteiger partial charge in [0.2, 0.25) is 0 Å². The molecular weight excluding hydrogens is 214 g/mol. The number of carbonyl (C=O) groups is 1. The van der Waals surface area contributed by atoms with E-state index in [0.717, 1.165) is 11.3 Å². The van der Waals surface area contributed by atoms with E-state index in [2.05, 4.69) is 4.99 Å². The summed E-state index contributed by atoms with van der Waals surface area (Å²) in [5.41, 5.74) is 1.77. The van der Waals surface area contributed by atoms with Gasteiger partial charge < -0.3 is 4.74 Å². The second-order valence-electron chi connectivity index (χ2n) is 3.59. The number of nitrogens with zero attached hydrogens (tertiary/aromatic N) is 1. The first kappa shape index (κ1) is 11.3. The van der Waals surface area contributed by atoms with E-state index >= 15 is 0 Å². The van der Waals surface area contributed by atoms with Crippen molar-refractivity contribution in [2.75, 3.05) is 7.11 Å². The maximum atomic E-state index is 11.5. The molecule has 0 amide bonds. The highest BCUT2D eigenvalue weighted by molar-refractivity contribution is 6.10. The molecule has 0 aliphatic carbocycles. The highest BCUT2D eigenvalue weighted by Crippen LogP contribution is 2.09. The van der Waals surface area contributed by atoms with Crippen LogP contribution in [0, 0.1) is 0 Å². The summed E-state index contributed by atoms with van der Waals surface area (Å²) in [5, 5.41) is 0. The van der Waals surface area contributed by atoms with Crippen molar-refractivity contribution >= 4 is 11.7 Å². The summed E-state index contributed by atoms with van der Waals surface area (Å²) in [6, 6.07) is 9.19. The van der Waals surface area contributed by atoms with Gasteiger partial charge in [0.25, 0.3) is 0 Å². The Balaban J connectivity index is 2.33. The predicted molar refractivity (Wildman–Crippen MR) is 67.1 cm³/mol. The summed E-state index contributed by atoms with van der Waals surface area (Å²) in [6.07, 6.45) is 7.28. The number of hydrogen-bond acceptors (Lipinski definition) is 3. The Morgan fingerprint density at radius 3 is 2.71 bits per heavy atom. The van der Waals surface area contributed by atoms with Gasteiger partial charge in [0, 0.05) is 0 Å². The number of esters is 1. The van der Waals surface area contributed by atoms with Gasteiger partial charge in [-0.25, -0.2) is 4.79 Å². The van der Waals surface area contributed by atoms with Gasteiger partial charge in [-0.2, -0.15) is 0 Å². The van der Waals surface area contributed by atoms with Gasteiger partial charge in [0.15, 0.2) is 6.04 Å². The molecule has 0 aromatic heterocycles. The maximum Gasteiger partial charge on any atom is 0.334 e. The molecular formula is C14H13NO2. The molecule has 1 aliphatic heterocycles. The molecule has 1 atom stereocenters. The minimum Gasteiger partial charge on any atom is -0.467 e. The molecule has 0 unspecified atom stereocenters. The van der Waals surface area contributed by atoms with Crippen molar-refractivity contribution in [2.24, 2.45) is 4.99 Å². The molecule has 0 saturated heterocycles. The molecule has 2 rings (SSSR count). The Bertz CT molecular complexity index is 486. The van der Waals surface area contributed by atoms with Gasteiger partial charge in [0.05, 0.1) is 12.8 Å². The van der Waals surface area contributed by atoms with E-state index < -0.39 is 6.04 Å². The van der Waals surface area contributed by atoms with Crippen molar-refractivity contribution in [3.8, 4) is 0 Å². The van der Waals surface area contributed by atoms with E-state index in [0.29, 0.717) is 0 Å². The molecule has 86 valence electrons. The summed E-state index contributed by atoms with van der Waals surface area (Å²) in [5.74, 6) is -0.349. The van der Waals surface area contributed by atoms with Crippen molar-refractivity contribution in [1.82, 2.24) is 0 Å². The van der Waals surface area contributed by atoms with E-state index in [1.165, 1.54) is 7.11 Å². The van der Waals surface area contributed by atoms with E-state index in [4.69, 9.17) is 4.74 Å². The molecule has 1 heterocycles. The summed E-state index contributed by atoms with van der Waals surface area (Å²) < 4.78 is 4.70. The Kier molecular flexibility index (Phi) is 3.50. The topological polar surface area (TPSA) is 38.7 Å². The standard InChI is InChI=1S/C14H13NO2/c1-17-14(16)13-10-6-5-9-12(15-13)11-7-3-2-4-8-11/h2-10,13H,1H3/t13-/m1/s1. The molecule has 0 saturated carbocycles. The lowest BCUT2D eigenvalue weighted by atomic mass is 10.1. The number of hydrogen-bond donors (Lipinski definition) is 0. The largest absolute Gasteiger partial charge is 0.467 e. The van der Waals surface area contributed by atoms with Gasteiger partial charge in [-0.15, -0.1) is 0 Å². The second-order valence-corrected chi connectivity index (χ2v) is 3.59. The highest BCUT2D eigenvalue weighted by atomic mass is 16.5. The number of methoxy groups -OCH3 is 1. The Hall–Kier alpha value is -2.16. The third-order valence-electron chi connectivity index (χ3n) is 2.45. The number of rotatable bonds is 2. The lowest BCUT2D eigenvalue weighted by molar-refractivity contribution is -0.140. The van der Waals surface area contributed by atoms with E-state index in [-0.39, 0.29) is 5.97 Å². The fourth-order valence-electron chi connectivity index (χ4n) is 1.58. The van der Waals surface area contributed by atoms with Crippen molar-refractivity contribution in [3.63, 3.8) is 0 Å². The molecule has 0 spiro atoms. The Morgan fingerprint density at radius 2 is 2.00 bits per heavy atom. The van der Waals surface area contributed by atoms with Crippen LogP contribution >= 0.6 is 0 Å². The molecule has 0 N–H and O–H groups in total. The van der Waals surface area contributed by atoms with Crippen LogP contribution in [0.25, 0.3) is 0 Å². The molecule has 3 heteroatoms. The van der Waals surface area contributed by atoms with Gasteiger partial charge in [-0.05, 0) is 17.7 Å². The minimum atomic E-state index is -0.565. The van der Waals surface area contributed by atoms with Crippen LogP contribution in [-0.2, 0) is 9.53 Å². The lowest BCUT2D eigenvalue weighted by Gasteiger charge is -2.06. The molecule has 1 aromatic carbocycles. The molecule has 3 nitrogen and oxygen atoms in total. The SMILES string of the molecule is COC(=O)[C@H]1C=CC=CC(c2ccccc2)=N1. The van der Waals surface area contributed by atoms with E-state index in [9.17, 15) is 4.79 Å². The van der Waals surface area contributed by atoms with Crippen molar-refractivity contribution in [3.05, 3.63) is 60.2 Å². The van der Waals surface area contributed by atoms with E-state index in [1.54, 1.807) is 12.2 Å². The number of benzene rings is 1. The molecule has 17 heavy (non-hydrogen) atoms. The normalized spacial score (nSPS) is 18.4. The fraction of sp³-hybridized carbons (Fsp3) is 0.143. The fourth-order valence-corrected chi connectivity index (χ4v) is 1.58. The zero-order valence-electron chi connectivity index (χ0n) is 9.54. The average molecular weight is 227 g/mol. The molecule has 0 fully saturated rings. The number of aliphatic imine (C=N–C) groups is 1. The molecule has 1 aliphatic rings. The number of allylic oxidation sites excluding steroid dienone is 3. The smallest absolute Gasteiger partial charge is 0.334 e. The first-order valence-corrected chi connectivity index (χ1v) is 5.37. The highest BCUT2D eigenvalue weighted by Gasteiger charge is 2.16. The maximum absolute atomic E-state index is 11.5. The monoisotopic (exact) mass is 227 g/mol. The van der Waals surface area contributed by atoms with Gasteiger partial charge in [-0.3, -0.25) is 4.99 Å². The third-order valence-corrected chi connectivity index (χ3v) is 2.45. The van der Waals surface area contributed by atoms with Crippen molar-refractivity contribution in [1.29, 1.82) is 0 Å². The van der Waals surface area contributed by atoms with Crippen LogP contribution in [0.2, 0.25) is 0 Å². The first-order valence-electron chi connectivity index (χ1n) is 5.37. The minimum absolute atomic E-state index is 0.349. The van der Waals surface area contributed by atoms with Crippen LogP contribution in [0.5, 0.6) is 0 Å². The van der Waals surface area contributed by atoms with Crippen LogP contribution in [0.4, 0.5) is 0 Å². The zero-order chi connectivity index (χ0) is 12.1. The van der Waals surface area contributed by atoms with Crippen LogP contribution in [0.3, 0.4) is 0 Å². The van der Waals surface area contributed by atoms with E-state index in [1.807, 2.05) is 42.5 Å². The summed E-state index contributed by atoms with van der Waals surface area (Å²) in [7, 11) is 1.37. The van der Waals surface area contributed by atoms with Crippen LogP contribution in [0.1, 0.15) is 5.56 Å². The van der Waals surface area contributed by atoms with Crippen LogP contribution in [0.15, 0.2) is 59.6 Å². The number of ether oxygens (including phenoxy) is 1. The zero-order valence-corrected chi connectivity index (χ0v) is 9.54. The summed E-state index contributed by atoms with van der Waals surface area (Å²) >= 11 is 0. The number of carbonyl (C=O) groups excluding carboxylic acids is 1. The molecule has 0 bridgehead atoms. The van der Waals surface area contributed by atoms with Gasteiger partial charge in [0.1, 0.15) is 0 Å². The van der Waals surface area contributed by atoms with Crippen LogP contribution < -0.4 is 0 Å². The first-order chi connectivity index (χ1) is 8.31. The quantitative estimate of drug-likeness (QED) is 0.726. The van der Waals surface area contributed by atoms with Gasteiger partial charge >= 0.3 is 5.97 Å². The second kappa shape index (κ2) is 5.25. The Morgan fingerprint density at radius 1 is 1.24 bits per heavy atom. The van der Waals surface area contributed by atoms with Crippen molar-refractivity contribution in [2.45, 2.75) is 6.04 Å². The molecule has 0 radical (unpaired) electrons. The van der Waals surface area contributed by atoms with Crippen LogP contribution in [-0.4, -0.2) is 24.8 Å². The summed E-state index contributed by atoms with van der Waals surface area (Å²) in [4.78, 5) is 15.9. The van der Waals surface area contributed by atoms with Crippen molar-refractivity contribution < 1.29 is 9.53 Å². The predicted octanol–water partition coefficient (Wildman–Crippen LogP) is 2.14. The average Bonchev–Trinajstić information content (AvgIpc) is 2.64. The van der Waals surface area contributed by atoms with Gasteiger partial charge in [-0.1, -0.05) is 42.5 Å².